The number of fused-ring (bicyclic) bond motifs is 1. The van der Waals surface area contributed by atoms with Gasteiger partial charge in [0.05, 0.1) is 30.7 Å². The molecule has 1 aromatic heterocycles. The number of methoxy groups -OCH3 is 1. The highest BCUT2D eigenvalue weighted by Crippen LogP contribution is 2.27. The fraction of sp³-hybridized carbons (Fsp3) is 0.250. The minimum Gasteiger partial charge on any atom is -0.437 e. The summed E-state index contributed by atoms with van der Waals surface area (Å²) in [5.41, 5.74) is 1.36. The third-order valence-corrected chi connectivity index (χ3v) is 6.47. The highest BCUT2D eigenvalue weighted by Gasteiger charge is 2.20. The highest BCUT2D eigenvalue weighted by atomic mass is 32.2. The molecule has 8 nitrogen and oxygen atoms in total. The Morgan fingerprint density at radius 1 is 1.03 bits per heavy atom. The Morgan fingerprint density at radius 3 is 2.45 bits per heavy atom. The fourth-order valence-electron chi connectivity index (χ4n) is 3.26. The minimum atomic E-state index is -3.82. The van der Waals surface area contributed by atoms with Crippen molar-refractivity contribution in [2.24, 2.45) is 0 Å². The molecule has 1 aliphatic rings. The molecule has 0 spiro atoms. The molecule has 1 aliphatic heterocycles. The summed E-state index contributed by atoms with van der Waals surface area (Å²) in [6.07, 6.45) is 0.613. The van der Waals surface area contributed by atoms with Crippen molar-refractivity contribution in [1.29, 1.82) is 0 Å². The number of anilines is 1. The molecule has 9 heteroatoms. The number of ether oxygens (including phenoxy) is 3. The molecule has 152 valence electrons. The van der Waals surface area contributed by atoms with E-state index in [1.807, 2.05) is 0 Å². The van der Waals surface area contributed by atoms with Crippen LogP contribution in [0.15, 0.2) is 59.6 Å². The average molecular weight is 416 g/mol. The van der Waals surface area contributed by atoms with Gasteiger partial charge in [-0.3, -0.25) is 0 Å². The maximum absolute atomic E-state index is 13.2. The summed E-state index contributed by atoms with van der Waals surface area (Å²) in [5.74, 6) is 0.196. The van der Waals surface area contributed by atoms with Crippen LogP contribution in [-0.2, 0) is 19.5 Å². The van der Waals surface area contributed by atoms with E-state index in [0.29, 0.717) is 24.1 Å². The van der Waals surface area contributed by atoms with Gasteiger partial charge in [-0.15, -0.1) is 0 Å². The Bertz CT molecular complexity index is 1130. The lowest BCUT2D eigenvalue weighted by Gasteiger charge is -2.28. The van der Waals surface area contributed by atoms with Crippen LogP contribution in [0.4, 0.5) is 10.5 Å². The SMILES string of the molecule is COC(=O)Oc1ccc2ccn(S(=O)(=O)c3ccc(N4CCOCC4)cc3)c2c1. The maximum Gasteiger partial charge on any atom is 0.513 e. The lowest BCUT2D eigenvalue weighted by Crippen LogP contribution is -2.36. The molecule has 0 atom stereocenters. The first-order valence-electron chi connectivity index (χ1n) is 9.04. The average Bonchev–Trinajstić information content (AvgIpc) is 3.18. The second-order valence-corrected chi connectivity index (χ2v) is 8.30. The lowest BCUT2D eigenvalue weighted by atomic mass is 10.2. The van der Waals surface area contributed by atoms with Gasteiger partial charge in [0.25, 0.3) is 10.0 Å². The summed E-state index contributed by atoms with van der Waals surface area (Å²) in [7, 11) is -2.62. The number of carbonyl (C=O) groups is 1. The van der Waals surface area contributed by atoms with E-state index in [2.05, 4.69) is 9.64 Å². The van der Waals surface area contributed by atoms with E-state index in [1.165, 1.54) is 23.3 Å². The van der Waals surface area contributed by atoms with Crippen LogP contribution in [0, 0.1) is 0 Å². The first-order valence-corrected chi connectivity index (χ1v) is 10.5. The van der Waals surface area contributed by atoms with Gasteiger partial charge in [-0.05, 0) is 42.5 Å². The van der Waals surface area contributed by atoms with Crippen molar-refractivity contribution in [2.75, 3.05) is 38.3 Å². The van der Waals surface area contributed by atoms with Crippen LogP contribution in [0.25, 0.3) is 10.9 Å². The lowest BCUT2D eigenvalue weighted by molar-refractivity contribution is 0.121. The molecule has 1 fully saturated rings. The van der Waals surface area contributed by atoms with Crippen molar-refractivity contribution >= 4 is 32.8 Å². The van der Waals surface area contributed by atoms with Crippen molar-refractivity contribution in [3.05, 3.63) is 54.7 Å². The van der Waals surface area contributed by atoms with Gasteiger partial charge in [0.15, 0.2) is 0 Å². The predicted octanol–water partition coefficient (Wildman–Crippen LogP) is 2.86. The number of morpholine rings is 1. The molecular weight excluding hydrogens is 396 g/mol. The monoisotopic (exact) mass is 416 g/mol. The Balaban J connectivity index is 1.66. The molecule has 0 radical (unpaired) electrons. The first-order chi connectivity index (χ1) is 14.0. The zero-order valence-electron chi connectivity index (χ0n) is 15.8. The summed E-state index contributed by atoms with van der Waals surface area (Å²) in [5, 5.41) is 0.704. The van der Waals surface area contributed by atoms with Gasteiger partial charge in [0.1, 0.15) is 5.75 Å². The number of nitrogens with zero attached hydrogens (tertiary/aromatic N) is 2. The largest absolute Gasteiger partial charge is 0.513 e. The van der Waals surface area contributed by atoms with Gasteiger partial charge >= 0.3 is 6.16 Å². The summed E-state index contributed by atoms with van der Waals surface area (Å²) in [6, 6.07) is 13.2. The third kappa shape index (κ3) is 3.79. The zero-order valence-corrected chi connectivity index (χ0v) is 16.6. The Morgan fingerprint density at radius 2 is 1.76 bits per heavy atom. The van der Waals surface area contributed by atoms with Crippen molar-refractivity contribution in [1.82, 2.24) is 3.97 Å². The second kappa shape index (κ2) is 7.76. The normalized spacial score (nSPS) is 14.7. The topological polar surface area (TPSA) is 87.1 Å². The number of rotatable bonds is 4. The van der Waals surface area contributed by atoms with Crippen molar-refractivity contribution in [3.63, 3.8) is 0 Å². The zero-order chi connectivity index (χ0) is 20.4. The summed E-state index contributed by atoms with van der Waals surface area (Å²) < 4.78 is 42.4. The smallest absolute Gasteiger partial charge is 0.437 e. The Labute approximate surface area is 168 Å². The molecule has 0 unspecified atom stereocenters. The molecule has 0 amide bonds. The number of benzene rings is 2. The van der Waals surface area contributed by atoms with Gasteiger partial charge in [0.2, 0.25) is 0 Å². The van der Waals surface area contributed by atoms with Gasteiger partial charge in [-0.25, -0.2) is 17.2 Å². The standard InChI is InChI=1S/C20H20N2O6S/c1-26-20(23)28-17-5-2-15-8-9-22(19(15)14-17)29(24,25)18-6-3-16(4-7-18)21-10-12-27-13-11-21/h2-9,14H,10-13H2,1H3. The van der Waals surface area contributed by atoms with E-state index < -0.39 is 16.2 Å². The van der Waals surface area contributed by atoms with E-state index in [1.54, 1.807) is 42.5 Å². The molecular formula is C20H20N2O6S. The van der Waals surface area contributed by atoms with Gasteiger partial charge in [-0.1, -0.05) is 0 Å². The van der Waals surface area contributed by atoms with Crippen LogP contribution in [0.5, 0.6) is 5.75 Å². The maximum atomic E-state index is 13.2. The molecule has 2 aromatic carbocycles. The van der Waals surface area contributed by atoms with E-state index in [4.69, 9.17) is 9.47 Å². The van der Waals surface area contributed by atoms with E-state index >= 15 is 0 Å². The van der Waals surface area contributed by atoms with Crippen LogP contribution in [0.1, 0.15) is 0 Å². The molecule has 1 saturated heterocycles. The summed E-state index contributed by atoms with van der Waals surface area (Å²) in [6.45, 7) is 2.87. The number of hydrogen-bond acceptors (Lipinski definition) is 7. The molecule has 0 saturated carbocycles. The summed E-state index contributed by atoms with van der Waals surface area (Å²) >= 11 is 0. The van der Waals surface area contributed by atoms with Crippen molar-refractivity contribution in [2.45, 2.75) is 4.90 Å². The number of hydrogen-bond donors (Lipinski definition) is 0. The van der Waals surface area contributed by atoms with E-state index in [0.717, 1.165) is 18.8 Å². The fourth-order valence-corrected chi connectivity index (χ4v) is 4.60. The molecule has 29 heavy (non-hydrogen) atoms. The Kier molecular flexibility index (Phi) is 5.16. The molecule has 0 bridgehead atoms. The predicted molar refractivity (Wildman–Crippen MR) is 107 cm³/mol. The number of aromatic nitrogens is 1. The van der Waals surface area contributed by atoms with E-state index in [-0.39, 0.29) is 10.6 Å². The second-order valence-electron chi connectivity index (χ2n) is 6.49. The van der Waals surface area contributed by atoms with E-state index in [9.17, 15) is 13.2 Å². The Hall–Kier alpha value is -3.04. The van der Waals surface area contributed by atoms with Crippen LogP contribution >= 0.6 is 0 Å². The van der Waals surface area contributed by atoms with Gasteiger partial charge in [-0.2, -0.15) is 0 Å². The van der Waals surface area contributed by atoms with Crippen LogP contribution in [0.3, 0.4) is 0 Å². The van der Waals surface area contributed by atoms with Gasteiger partial charge in [0, 0.05) is 36.4 Å². The van der Waals surface area contributed by atoms with Crippen LogP contribution < -0.4 is 9.64 Å². The third-order valence-electron chi connectivity index (χ3n) is 4.77. The summed E-state index contributed by atoms with van der Waals surface area (Å²) in [4.78, 5) is 13.7. The molecule has 2 heterocycles. The first kappa shape index (κ1) is 19.3. The molecule has 0 aliphatic carbocycles. The van der Waals surface area contributed by atoms with Crippen LogP contribution in [0.2, 0.25) is 0 Å². The number of carbonyl (C=O) groups excluding carboxylic acids is 1. The van der Waals surface area contributed by atoms with Crippen molar-refractivity contribution < 1.29 is 27.4 Å². The minimum absolute atomic E-state index is 0.172. The highest BCUT2D eigenvalue weighted by molar-refractivity contribution is 7.90. The van der Waals surface area contributed by atoms with Crippen molar-refractivity contribution in [3.8, 4) is 5.75 Å². The quantitative estimate of drug-likeness (QED) is 0.477. The molecule has 4 rings (SSSR count). The molecule has 3 aromatic rings. The molecule has 0 N–H and O–H groups in total. The van der Waals surface area contributed by atoms with Gasteiger partial charge < -0.3 is 19.1 Å². The van der Waals surface area contributed by atoms with Crippen LogP contribution in [-0.4, -0.2) is 52.0 Å².